The summed E-state index contributed by atoms with van der Waals surface area (Å²) >= 11 is 0. The molecule has 2 aliphatic rings. The van der Waals surface area contributed by atoms with Gasteiger partial charge in [-0.05, 0) is 31.6 Å². The Morgan fingerprint density at radius 3 is 2.23 bits per heavy atom. The minimum Gasteiger partial charge on any atom is -0.299 e. The van der Waals surface area contributed by atoms with E-state index in [9.17, 15) is 4.79 Å². The van der Waals surface area contributed by atoms with Crippen LogP contribution in [0.3, 0.4) is 0 Å². The Kier molecular flexibility index (Phi) is 2.71. The highest BCUT2D eigenvalue weighted by Gasteiger charge is 2.35. The van der Waals surface area contributed by atoms with E-state index in [-0.39, 0.29) is 0 Å². The SMILES string of the molecule is CC(C(=O)C1CCCCC1)C1CC1. The molecule has 0 aromatic heterocycles. The number of hydrogen-bond acceptors (Lipinski definition) is 1. The third-order valence-electron chi connectivity index (χ3n) is 3.79. The van der Waals surface area contributed by atoms with Gasteiger partial charge < -0.3 is 0 Å². The van der Waals surface area contributed by atoms with Crippen LogP contribution in [-0.4, -0.2) is 5.78 Å². The first-order valence-electron chi connectivity index (χ1n) is 5.83. The lowest BCUT2D eigenvalue weighted by Crippen LogP contribution is -2.24. The molecular formula is C12H20O. The Balaban J connectivity index is 1.86. The molecule has 0 spiro atoms. The average molecular weight is 180 g/mol. The molecule has 1 nitrogen and oxygen atoms in total. The van der Waals surface area contributed by atoms with Crippen LogP contribution in [-0.2, 0) is 4.79 Å². The standard InChI is InChI=1S/C12H20O/c1-9(10-7-8-10)12(13)11-5-3-2-4-6-11/h9-11H,2-8H2,1H3. The molecule has 0 aromatic carbocycles. The molecule has 74 valence electrons. The van der Waals surface area contributed by atoms with Crippen molar-refractivity contribution in [1.29, 1.82) is 0 Å². The van der Waals surface area contributed by atoms with E-state index in [0.717, 1.165) is 5.92 Å². The zero-order valence-corrected chi connectivity index (χ0v) is 8.59. The zero-order chi connectivity index (χ0) is 9.26. The van der Waals surface area contributed by atoms with Crippen molar-refractivity contribution in [1.82, 2.24) is 0 Å². The number of carbonyl (C=O) groups is 1. The molecule has 13 heavy (non-hydrogen) atoms. The monoisotopic (exact) mass is 180 g/mol. The summed E-state index contributed by atoms with van der Waals surface area (Å²) in [5.74, 6) is 2.16. The maximum absolute atomic E-state index is 12.0. The predicted octanol–water partition coefficient (Wildman–Crippen LogP) is 3.18. The van der Waals surface area contributed by atoms with Crippen LogP contribution in [0.4, 0.5) is 0 Å². The first-order chi connectivity index (χ1) is 6.29. The van der Waals surface area contributed by atoms with E-state index in [0.29, 0.717) is 17.6 Å². The van der Waals surface area contributed by atoms with E-state index in [1.54, 1.807) is 0 Å². The van der Waals surface area contributed by atoms with Crippen LogP contribution in [0.5, 0.6) is 0 Å². The number of Topliss-reactive ketones (excluding diaryl/α,β-unsaturated/α-hetero) is 1. The molecule has 0 radical (unpaired) electrons. The van der Waals surface area contributed by atoms with Gasteiger partial charge in [0.15, 0.2) is 0 Å². The van der Waals surface area contributed by atoms with E-state index in [2.05, 4.69) is 6.92 Å². The van der Waals surface area contributed by atoms with Gasteiger partial charge in [-0.3, -0.25) is 4.79 Å². The topological polar surface area (TPSA) is 17.1 Å². The molecule has 1 atom stereocenters. The number of carbonyl (C=O) groups excluding carboxylic acids is 1. The molecule has 0 bridgehead atoms. The van der Waals surface area contributed by atoms with E-state index in [1.807, 2.05) is 0 Å². The quantitative estimate of drug-likeness (QED) is 0.652. The predicted molar refractivity (Wildman–Crippen MR) is 53.5 cm³/mol. The summed E-state index contributed by atoms with van der Waals surface area (Å²) < 4.78 is 0. The van der Waals surface area contributed by atoms with Crippen LogP contribution in [0.15, 0.2) is 0 Å². The molecule has 0 heterocycles. The van der Waals surface area contributed by atoms with Crippen LogP contribution < -0.4 is 0 Å². The van der Waals surface area contributed by atoms with Crippen molar-refractivity contribution in [2.75, 3.05) is 0 Å². The molecule has 0 N–H and O–H groups in total. The fraction of sp³-hybridized carbons (Fsp3) is 0.917. The van der Waals surface area contributed by atoms with Crippen LogP contribution >= 0.6 is 0 Å². The lowest BCUT2D eigenvalue weighted by Gasteiger charge is -2.23. The van der Waals surface area contributed by atoms with Crippen molar-refractivity contribution < 1.29 is 4.79 Å². The van der Waals surface area contributed by atoms with Gasteiger partial charge in [-0.2, -0.15) is 0 Å². The van der Waals surface area contributed by atoms with Crippen LogP contribution in [0.1, 0.15) is 51.9 Å². The maximum Gasteiger partial charge on any atom is 0.139 e. The molecular weight excluding hydrogens is 160 g/mol. The van der Waals surface area contributed by atoms with Crippen molar-refractivity contribution in [2.24, 2.45) is 17.8 Å². The van der Waals surface area contributed by atoms with Gasteiger partial charge in [0.2, 0.25) is 0 Å². The van der Waals surface area contributed by atoms with Gasteiger partial charge in [0.25, 0.3) is 0 Å². The highest BCUT2D eigenvalue weighted by Crippen LogP contribution is 2.39. The normalized spacial score (nSPS) is 27.2. The van der Waals surface area contributed by atoms with Crippen LogP contribution in [0.25, 0.3) is 0 Å². The smallest absolute Gasteiger partial charge is 0.139 e. The summed E-state index contributed by atoms with van der Waals surface area (Å²) in [6, 6.07) is 0. The Morgan fingerprint density at radius 1 is 1.08 bits per heavy atom. The molecule has 0 aliphatic heterocycles. The van der Waals surface area contributed by atoms with E-state index in [4.69, 9.17) is 0 Å². The van der Waals surface area contributed by atoms with Gasteiger partial charge in [-0.25, -0.2) is 0 Å². The molecule has 0 aromatic rings. The lowest BCUT2D eigenvalue weighted by atomic mass is 9.81. The first kappa shape index (κ1) is 9.23. The first-order valence-corrected chi connectivity index (χ1v) is 5.83. The average Bonchev–Trinajstić information content (AvgIpc) is 3.00. The molecule has 0 saturated heterocycles. The summed E-state index contributed by atoms with van der Waals surface area (Å²) in [4.78, 5) is 12.0. The molecule has 2 rings (SSSR count). The number of rotatable bonds is 3. The molecule has 2 fully saturated rings. The van der Waals surface area contributed by atoms with Gasteiger partial charge in [-0.1, -0.05) is 26.2 Å². The van der Waals surface area contributed by atoms with Crippen molar-refractivity contribution in [3.05, 3.63) is 0 Å². The van der Waals surface area contributed by atoms with Crippen molar-refractivity contribution >= 4 is 5.78 Å². The Bertz CT molecular complexity index is 187. The van der Waals surface area contributed by atoms with Gasteiger partial charge in [0.05, 0.1) is 0 Å². The zero-order valence-electron chi connectivity index (χ0n) is 8.59. The molecule has 2 aliphatic carbocycles. The number of ketones is 1. The molecule has 1 heteroatoms. The third kappa shape index (κ3) is 2.12. The minimum atomic E-state index is 0.378. The minimum absolute atomic E-state index is 0.378. The van der Waals surface area contributed by atoms with E-state index in [1.165, 1.54) is 44.9 Å². The van der Waals surface area contributed by atoms with Gasteiger partial charge in [0, 0.05) is 11.8 Å². The van der Waals surface area contributed by atoms with E-state index < -0.39 is 0 Å². The van der Waals surface area contributed by atoms with Crippen molar-refractivity contribution in [2.45, 2.75) is 51.9 Å². The Morgan fingerprint density at radius 2 is 1.69 bits per heavy atom. The molecule has 0 amide bonds. The Hall–Kier alpha value is -0.330. The summed E-state index contributed by atoms with van der Waals surface area (Å²) in [5.41, 5.74) is 0. The fourth-order valence-corrected chi connectivity index (χ4v) is 2.59. The second-order valence-electron chi connectivity index (χ2n) is 4.86. The fourth-order valence-electron chi connectivity index (χ4n) is 2.59. The second kappa shape index (κ2) is 3.81. The van der Waals surface area contributed by atoms with Gasteiger partial charge in [0.1, 0.15) is 5.78 Å². The molecule has 2 saturated carbocycles. The van der Waals surface area contributed by atoms with Gasteiger partial charge >= 0.3 is 0 Å². The van der Waals surface area contributed by atoms with Crippen LogP contribution in [0.2, 0.25) is 0 Å². The van der Waals surface area contributed by atoms with Crippen molar-refractivity contribution in [3.8, 4) is 0 Å². The van der Waals surface area contributed by atoms with Crippen molar-refractivity contribution in [3.63, 3.8) is 0 Å². The van der Waals surface area contributed by atoms with Crippen LogP contribution in [0, 0.1) is 17.8 Å². The highest BCUT2D eigenvalue weighted by molar-refractivity contribution is 5.83. The molecule has 1 unspecified atom stereocenters. The maximum atomic E-state index is 12.0. The Labute approximate surface area is 80.9 Å². The van der Waals surface area contributed by atoms with Gasteiger partial charge in [-0.15, -0.1) is 0 Å². The highest BCUT2D eigenvalue weighted by atomic mass is 16.1. The third-order valence-corrected chi connectivity index (χ3v) is 3.79. The summed E-state index contributed by atoms with van der Waals surface area (Å²) in [6.45, 7) is 2.15. The lowest BCUT2D eigenvalue weighted by molar-refractivity contribution is -0.127. The summed E-state index contributed by atoms with van der Waals surface area (Å²) in [5, 5.41) is 0. The summed E-state index contributed by atoms with van der Waals surface area (Å²) in [7, 11) is 0. The largest absolute Gasteiger partial charge is 0.299 e. The number of hydrogen-bond donors (Lipinski definition) is 0. The summed E-state index contributed by atoms with van der Waals surface area (Å²) in [6.07, 6.45) is 8.88. The second-order valence-corrected chi connectivity index (χ2v) is 4.86. The van der Waals surface area contributed by atoms with E-state index >= 15 is 0 Å².